The van der Waals surface area contributed by atoms with Gasteiger partial charge in [0.05, 0.1) is 28.1 Å². The van der Waals surface area contributed by atoms with Crippen molar-refractivity contribution in [2.75, 3.05) is 0 Å². The van der Waals surface area contributed by atoms with Crippen LogP contribution in [0.25, 0.3) is 94.8 Å². The first kappa shape index (κ1) is 49.9. The Morgan fingerprint density at radius 3 is 1.44 bits per heavy atom. The summed E-state index contributed by atoms with van der Waals surface area (Å²) >= 11 is 0. The van der Waals surface area contributed by atoms with Crippen LogP contribution < -0.4 is 9.47 Å². The molecule has 2 spiro atoms. The summed E-state index contributed by atoms with van der Waals surface area (Å²) < 4.78 is 14.3. The van der Waals surface area contributed by atoms with Gasteiger partial charge in [-0.15, -0.1) is 0 Å². The number of allylic oxidation sites excluding steroid dienone is 4. The van der Waals surface area contributed by atoms with Crippen molar-refractivity contribution in [2.45, 2.75) is 23.7 Å². The van der Waals surface area contributed by atoms with Gasteiger partial charge in [0.15, 0.2) is 5.82 Å². The molecule has 18 rings (SSSR count). The molecule has 1 atom stereocenters. The standard InChI is InChI=1S/C83H51N3O2/c84-50-51-19-14-22-53(45-51)54-23-15-24-57(46-54)60-30-17-38-74-79(60)88-77-40-13-11-36-72(77)83(74)69-34-9-6-29-64(69)66-48-55(42-44-70(66)83)56-41-43-65-75(49-56)85-81(52-20-2-1-3-21-52)86-78(65)59-26-16-25-58(47-59)61-31-18-37-73-80(61)87-76-39-12-10-35-71(76)82(73)67-32-7-4-27-62(67)63-28-5-8-33-68(63)82/h1-13,15-18,20-49H,14,19H2. The zero-order valence-corrected chi connectivity index (χ0v) is 47.7. The van der Waals surface area contributed by atoms with Gasteiger partial charge in [-0.05, 0) is 139 Å². The summed E-state index contributed by atoms with van der Waals surface area (Å²) in [6.45, 7) is 0. The van der Waals surface area contributed by atoms with Crippen LogP contribution in [-0.4, -0.2) is 9.97 Å². The molecule has 3 heterocycles. The van der Waals surface area contributed by atoms with Crippen molar-refractivity contribution < 1.29 is 9.47 Å². The first-order valence-corrected chi connectivity index (χ1v) is 30.2. The van der Waals surface area contributed by atoms with Gasteiger partial charge in [-0.2, -0.15) is 5.26 Å². The molecule has 1 unspecified atom stereocenters. The maximum Gasteiger partial charge on any atom is 0.160 e. The smallest absolute Gasteiger partial charge is 0.160 e. The van der Waals surface area contributed by atoms with Crippen LogP contribution in [0.1, 0.15) is 62.9 Å². The zero-order valence-electron chi connectivity index (χ0n) is 47.7. The Hall–Kier alpha value is -11.5. The summed E-state index contributed by atoms with van der Waals surface area (Å²) in [6.07, 6.45) is 5.89. The molecular weight excluding hydrogens is 1070 g/mol. The summed E-state index contributed by atoms with van der Waals surface area (Å²) in [6, 6.07) is 101. The minimum atomic E-state index is -0.673. The lowest BCUT2D eigenvalue weighted by atomic mass is 9.65. The quantitative estimate of drug-likeness (QED) is 0.166. The molecule has 5 aliphatic rings. The molecule has 0 bridgehead atoms. The lowest BCUT2D eigenvalue weighted by molar-refractivity contribution is 0.438. The van der Waals surface area contributed by atoms with E-state index < -0.39 is 10.8 Å². The Balaban J connectivity index is 0.769. The number of nitriles is 1. The second kappa shape index (κ2) is 19.3. The average Bonchev–Trinajstić information content (AvgIpc) is 1.48. The fourth-order valence-electron chi connectivity index (χ4n) is 15.4. The van der Waals surface area contributed by atoms with Crippen LogP contribution in [-0.2, 0) is 10.8 Å². The molecule has 0 amide bonds. The number of ether oxygens (including phenoxy) is 2. The average molecular weight is 1120 g/mol. The van der Waals surface area contributed by atoms with Crippen LogP contribution in [0.5, 0.6) is 23.0 Å². The van der Waals surface area contributed by atoms with Crippen molar-refractivity contribution in [3.63, 3.8) is 0 Å². The third kappa shape index (κ3) is 7.15. The maximum absolute atomic E-state index is 9.80. The number of fused-ring (bicyclic) bond motifs is 19. The van der Waals surface area contributed by atoms with Gasteiger partial charge in [0.1, 0.15) is 23.0 Å². The van der Waals surface area contributed by atoms with E-state index in [2.05, 4.69) is 267 Å². The normalized spacial score (nSPS) is 15.6. The Bertz CT molecular complexity index is 5210. The van der Waals surface area contributed by atoms with Crippen LogP contribution >= 0.6 is 0 Å². The molecule has 1 aromatic heterocycles. The van der Waals surface area contributed by atoms with Crippen LogP contribution in [0.2, 0.25) is 0 Å². The van der Waals surface area contributed by atoms with Gasteiger partial charge in [-0.1, -0.05) is 237 Å². The highest BCUT2D eigenvalue weighted by molar-refractivity contribution is 5.99. The lowest BCUT2D eigenvalue weighted by Crippen LogP contribution is -2.32. The predicted molar refractivity (Wildman–Crippen MR) is 352 cm³/mol. The number of rotatable bonds is 6. The zero-order chi connectivity index (χ0) is 58.1. The van der Waals surface area contributed by atoms with E-state index in [1.54, 1.807) is 0 Å². The van der Waals surface area contributed by atoms with Crippen LogP contribution in [0.15, 0.2) is 291 Å². The molecule has 0 saturated carbocycles. The third-order valence-corrected chi connectivity index (χ3v) is 19.1. The van der Waals surface area contributed by atoms with Gasteiger partial charge >= 0.3 is 0 Å². The summed E-state index contributed by atoms with van der Waals surface area (Å²) in [4.78, 5) is 10.8. The number of hydrogen-bond acceptors (Lipinski definition) is 5. The Kier molecular flexibility index (Phi) is 10.9. The molecule has 88 heavy (non-hydrogen) atoms. The number of hydrogen-bond donors (Lipinski definition) is 0. The van der Waals surface area contributed by atoms with E-state index in [4.69, 9.17) is 19.4 Å². The monoisotopic (exact) mass is 1120 g/mol. The molecule has 5 nitrogen and oxygen atoms in total. The van der Waals surface area contributed by atoms with Gasteiger partial charge in [0.2, 0.25) is 0 Å². The highest BCUT2D eigenvalue weighted by Crippen LogP contribution is 2.65. The molecule has 3 aliphatic carbocycles. The van der Waals surface area contributed by atoms with Crippen LogP contribution in [0.4, 0.5) is 0 Å². The third-order valence-electron chi connectivity index (χ3n) is 19.1. The Morgan fingerprint density at radius 1 is 0.352 bits per heavy atom. The van der Waals surface area contributed by atoms with Crippen LogP contribution in [0, 0.1) is 11.3 Å². The van der Waals surface area contributed by atoms with Crippen molar-refractivity contribution in [3.8, 4) is 107 Å². The molecule has 0 fully saturated rings. The van der Waals surface area contributed by atoms with Crippen LogP contribution in [0.3, 0.4) is 0 Å². The summed E-state index contributed by atoms with van der Waals surface area (Å²) in [5, 5.41) is 10.8. The summed E-state index contributed by atoms with van der Waals surface area (Å²) in [5.74, 6) is 4.05. The number of nitrogens with zero attached hydrogens (tertiary/aromatic N) is 3. The summed E-state index contributed by atoms with van der Waals surface area (Å²) in [5.41, 5.74) is 25.9. The molecular formula is C83H51N3O2. The first-order valence-electron chi connectivity index (χ1n) is 30.2. The van der Waals surface area contributed by atoms with Crippen molar-refractivity contribution in [3.05, 3.63) is 341 Å². The molecule has 5 heteroatoms. The fraction of sp³-hybridized carbons (Fsp3) is 0.0482. The molecule has 0 N–H and O–H groups in total. The maximum atomic E-state index is 9.80. The van der Waals surface area contributed by atoms with E-state index in [1.165, 1.54) is 44.5 Å². The minimum Gasteiger partial charge on any atom is -0.456 e. The Labute approximate surface area is 510 Å². The number of aromatic nitrogens is 2. The van der Waals surface area contributed by atoms with Crippen molar-refractivity contribution in [1.29, 1.82) is 5.26 Å². The van der Waals surface area contributed by atoms with Crippen molar-refractivity contribution >= 4 is 16.5 Å². The van der Waals surface area contributed by atoms with E-state index in [-0.39, 0.29) is 0 Å². The van der Waals surface area contributed by atoms with E-state index in [0.29, 0.717) is 5.82 Å². The van der Waals surface area contributed by atoms with Gasteiger partial charge in [0.25, 0.3) is 0 Å². The predicted octanol–water partition coefficient (Wildman–Crippen LogP) is 20.5. The largest absolute Gasteiger partial charge is 0.456 e. The molecule has 0 radical (unpaired) electrons. The van der Waals surface area contributed by atoms with Gasteiger partial charge in [-0.3, -0.25) is 0 Å². The lowest BCUT2D eigenvalue weighted by Gasteiger charge is -2.40. The van der Waals surface area contributed by atoms with Gasteiger partial charge < -0.3 is 9.47 Å². The van der Waals surface area contributed by atoms with E-state index in [9.17, 15) is 5.26 Å². The van der Waals surface area contributed by atoms with Crippen molar-refractivity contribution in [2.24, 2.45) is 0 Å². The fourth-order valence-corrected chi connectivity index (χ4v) is 15.4. The second-order valence-corrected chi connectivity index (χ2v) is 23.6. The highest BCUT2D eigenvalue weighted by atomic mass is 16.5. The molecule has 0 saturated heterocycles. The van der Waals surface area contributed by atoms with Gasteiger partial charge in [0, 0.05) is 55.5 Å². The first-order chi connectivity index (χ1) is 43.6. The number of para-hydroxylation sites is 4. The number of benzene rings is 12. The molecule has 13 aromatic rings. The Morgan fingerprint density at radius 2 is 0.818 bits per heavy atom. The van der Waals surface area contributed by atoms with E-state index in [0.717, 1.165) is 136 Å². The van der Waals surface area contributed by atoms with Gasteiger partial charge in [-0.25, -0.2) is 9.97 Å². The second-order valence-electron chi connectivity index (χ2n) is 23.6. The minimum absolute atomic E-state index is 0.573. The van der Waals surface area contributed by atoms with Crippen molar-refractivity contribution in [1.82, 2.24) is 9.97 Å². The summed E-state index contributed by atoms with van der Waals surface area (Å²) in [7, 11) is 0. The molecule has 2 aliphatic heterocycles. The molecule has 410 valence electrons. The van der Waals surface area contributed by atoms with E-state index >= 15 is 0 Å². The topological polar surface area (TPSA) is 68.0 Å². The SMILES string of the molecule is N#CC1=CC(c2cccc(-c3cccc4c3Oc3ccccc3C43c4ccccc4-c4cc(-c5ccc6c(-c7cccc(-c8cccc9c8Oc8ccccc8C98c9ccccc9-c9ccccc98)c7)nc(-c7ccccc7)nc6c5)ccc43)c2)=CCC1. The molecule has 12 aromatic carbocycles. The van der Waals surface area contributed by atoms with E-state index in [1.807, 2.05) is 24.3 Å². The highest BCUT2D eigenvalue weighted by Gasteiger charge is 2.53.